The number of rotatable bonds is 3. The van der Waals surface area contributed by atoms with Gasteiger partial charge < -0.3 is 9.14 Å². The number of esters is 1. The fraction of sp³-hybridized carbons (Fsp3) is 0.333. The van der Waals surface area contributed by atoms with Crippen molar-refractivity contribution < 1.29 is 22.7 Å². The molecule has 2 aromatic heterocycles. The molecule has 108 valence electrons. The van der Waals surface area contributed by atoms with Gasteiger partial charge in [0.25, 0.3) is 0 Å². The second-order valence-electron chi connectivity index (χ2n) is 3.97. The van der Waals surface area contributed by atoms with Gasteiger partial charge in [-0.2, -0.15) is 13.2 Å². The lowest BCUT2D eigenvalue weighted by Gasteiger charge is -2.08. The molecule has 20 heavy (non-hydrogen) atoms. The Hall–Kier alpha value is -1.57. The summed E-state index contributed by atoms with van der Waals surface area (Å²) in [5, 5.41) is 0. The largest absolute Gasteiger partial charge is 0.461 e. The molecule has 0 aromatic carbocycles. The van der Waals surface area contributed by atoms with Crippen molar-refractivity contribution in [2.45, 2.75) is 19.5 Å². The van der Waals surface area contributed by atoms with Crippen LogP contribution in [0.3, 0.4) is 0 Å². The highest BCUT2D eigenvalue weighted by molar-refractivity contribution is 9.10. The maximum atomic E-state index is 12.7. The second kappa shape index (κ2) is 5.43. The molecule has 0 aliphatic rings. The van der Waals surface area contributed by atoms with Crippen molar-refractivity contribution in [3.05, 3.63) is 34.2 Å². The maximum Gasteiger partial charge on any atom is 0.394 e. The molecule has 0 amide bonds. The number of alkyl halides is 3. The zero-order valence-corrected chi connectivity index (χ0v) is 12.0. The van der Waals surface area contributed by atoms with Crippen molar-refractivity contribution in [2.75, 3.05) is 6.61 Å². The number of imidazole rings is 1. The first-order valence-corrected chi connectivity index (χ1v) is 6.52. The molecule has 0 saturated heterocycles. The Morgan fingerprint density at radius 1 is 1.50 bits per heavy atom. The highest BCUT2D eigenvalue weighted by atomic mass is 79.9. The van der Waals surface area contributed by atoms with Crippen LogP contribution in [0.25, 0.3) is 5.65 Å². The molecule has 0 bridgehead atoms. The van der Waals surface area contributed by atoms with E-state index in [1.165, 1.54) is 10.6 Å². The lowest BCUT2D eigenvalue weighted by atomic mass is 10.2. The number of carbonyl (C=O) groups excluding carboxylic acids is 1. The van der Waals surface area contributed by atoms with Gasteiger partial charge >= 0.3 is 12.1 Å². The molecule has 0 saturated carbocycles. The van der Waals surface area contributed by atoms with Gasteiger partial charge in [-0.05, 0) is 35.0 Å². The van der Waals surface area contributed by atoms with Crippen molar-refractivity contribution in [1.29, 1.82) is 0 Å². The van der Waals surface area contributed by atoms with Crippen LogP contribution in [0.5, 0.6) is 0 Å². The Morgan fingerprint density at radius 2 is 2.20 bits per heavy atom. The molecule has 0 fully saturated rings. The second-order valence-corrected chi connectivity index (χ2v) is 4.82. The number of hydrogen-bond donors (Lipinski definition) is 0. The Morgan fingerprint density at radius 3 is 2.80 bits per heavy atom. The van der Waals surface area contributed by atoms with E-state index in [9.17, 15) is 18.0 Å². The van der Waals surface area contributed by atoms with Gasteiger partial charge in [-0.3, -0.25) is 0 Å². The van der Waals surface area contributed by atoms with Crippen molar-refractivity contribution in [2.24, 2.45) is 0 Å². The highest BCUT2D eigenvalue weighted by Crippen LogP contribution is 2.27. The van der Waals surface area contributed by atoms with Gasteiger partial charge in [0.1, 0.15) is 0 Å². The Bertz CT molecular complexity index is 652. The molecule has 2 aromatic rings. The van der Waals surface area contributed by atoms with Crippen LogP contribution >= 0.6 is 15.9 Å². The molecule has 0 spiro atoms. The summed E-state index contributed by atoms with van der Waals surface area (Å²) in [5.74, 6) is -0.859. The first-order valence-electron chi connectivity index (χ1n) is 5.73. The number of aromatic nitrogens is 2. The molecular formula is C12H10BrF3N2O2. The third-order valence-corrected chi connectivity index (χ3v) is 3.16. The van der Waals surface area contributed by atoms with Crippen LogP contribution in [0.2, 0.25) is 0 Å². The van der Waals surface area contributed by atoms with Crippen LogP contribution in [0, 0.1) is 0 Å². The van der Waals surface area contributed by atoms with E-state index in [-0.39, 0.29) is 23.6 Å². The number of halogens is 4. The molecule has 2 rings (SSSR count). The minimum Gasteiger partial charge on any atom is -0.461 e. The van der Waals surface area contributed by atoms with E-state index >= 15 is 0 Å². The molecule has 0 N–H and O–H groups in total. The van der Waals surface area contributed by atoms with Gasteiger partial charge in [-0.25, -0.2) is 9.78 Å². The molecule has 0 aliphatic heterocycles. The summed E-state index contributed by atoms with van der Waals surface area (Å²) < 4.78 is 44.5. The zero-order valence-electron chi connectivity index (χ0n) is 10.4. The van der Waals surface area contributed by atoms with E-state index in [1.54, 1.807) is 19.1 Å². The van der Waals surface area contributed by atoms with Gasteiger partial charge in [-0.1, -0.05) is 0 Å². The van der Waals surface area contributed by atoms with Crippen molar-refractivity contribution in [3.8, 4) is 0 Å². The van der Waals surface area contributed by atoms with Gasteiger partial charge in [-0.15, -0.1) is 0 Å². The lowest BCUT2D eigenvalue weighted by molar-refractivity contribution is -0.128. The van der Waals surface area contributed by atoms with Gasteiger partial charge in [0, 0.05) is 6.20 Å². The van der Waals surface area contributed by atoms with Crippen LogP contribution in [-0.2, 0) is 11.2 Å². The average Bonchev–Trinajstić information content (AvgIpc) is 2.68. The summed E-state index contributed by atoms with van der Waals surface area (Å²) in [4.78, 5) is 15.7. The van der Waals surface area contributed by atoms with Crippen LogP contribution < -0.4 is 0 Å². The third kappa shape index (κ3) is 2.95. The molecule has 0 aliphatic carbocycles. The van der Waals surface area contributed by atoms with E-state index in [4.69, 9.17) is 4.74 Å². The molecule has 2 heterocycles. The first kappa shape index (κ1) is 14.8. The van der Waals surface area contributed by atoms with E-state index in [2.05, 4.69) is 20.9 Å². The lowest BCUT2D eigenvalue weighted by Crippen LogP contribution is -2.17. The van der Waals surface area contributed by atoms with Crippen LogP contribution in [0.15, 0.2) is 22.8 Å². The van der Waals surface area contributed by atoms with Gasteiger partial charge in [0.15, 0.2) is 11.3 Å². The monoisotopic (exact) mass is 350 g/mol. The van der Waals surface area contributed by atoms with Gasteiger partial charge in [0.2, 0.25) is 0 Å². The maximum absolute atomic E-state index is 12.7. The number of fused-ring (bicyclic) bond motifs is 1. The summed E-state index contributed by atoms with van der Waals surface area (Å²) in [6, 6.07) is 3.20. The summed E-state index contributed by atoms with van der Waals surface area (Å²) in [6.07, 6.45) is -4.27. The Kier molecular flexibility index (Phi) is 4.03. The average molecular weight is 351 g/mol. The third-order valence-electron chi connectivity index (χ3n) is 2.54. The van der Waals surface area contributed by atoms with Crippen molar-refractivity contribution in [1.82, 2.24) is 9.38 Å². The molecule has 8 heteroatoms. The van der Waals surface area contributed by atoms with Crippen LogP contribution in [0.1, 0.15) is 23.1 Å². The Labute approximate surface area is 120 Å². The minimum absolute atomic E-state index is 0.0688. The topological polar surface area (TPSA) is 43.6 Å². The van der Waals surface area contributed by atoms with Gasteiger partial charge in [0.05, 0.1) is 23.2 Å². The standard InChI is InChI=1S/C12H10BrF3N2O2/c1-2-20-11(19)9-8(6-12(14,15)16)18-5-3-4-7(13)10(18)17-9/h3-5H,2,6H2,1H3. The highest BCUT2D eigenvalue weighted by Gasteiger charge is 2.33. The summed E-state index contributed by atoms with van der Waals surface area (Å²) in [6.45, 7) is 1.65. The SMILES string of the molecule is CCOC(=O)c1nc2c(Br)cccn2c1CC(F)(F)F. The molecule has 0 radical (unpaired) electrons. The first-order chi connectivity index (χ1) is 9.33. The van der Waals surface area contributed by atoms with E-state index in [0.717, 1.165) is 0 Å². The Balaban J connectivity index is 2.63. The smallest absolute Gasteiger partial charge is 0.394 e. The van der Waals surface area contributed by atoms with Crippen LogP contribution in [-0.4, -0.2) is 28.1 Å². The quantitative estimate of drug-likeness (QED) is 0.797. The number of pyridine rings is 1. The summed E-state index contributed by atoms with van der Waals surface area (Å²) in [5.41, 5.74) is -0.293. The van der Waals surface area contributed by atoms with Crippen molar-refractivity contribution in [3.63, 3.8) is 0 Å². The number of nitrogens with zero attached hydrogens (tertiary/aromatic N) is 2. The molecule has 0 atom stereocenters. The minimum atomic E-state index is -4.44. The zero-order chi connectivity index (χ0) is 14.9. The normalized spacial score (nSPS) is 11.8. The molecule has 0 unspecified atom stereocenters. The van der Waals surface area contributed by atoms with E-state index in [1.807, 2.05) is 0 Å². The predicted octanol–water partition coefficient (Wildman–Crippen LogP) is 3.38. The summed E-state index contributed by atoms with van der Waals surface area (Å²) >= 11 is 3.20. The fourth-order valence-electron chi connectivity index (χ4n) is 1.81. The van der Waals surface area contributed by atoms with Crippen molar-refractivity contribution >= 4 is 27.5 Å². The van der Waals surface area contributed by atoms with Crippen LogP contribution in [0.4, 0.5) is 13.2 Å². The number of ether oxygens (including phenoxy) is 1. The number of carbonyl (C=O) groups is 1. The molecule has 4 nitrogen and oxygen atoms in total. The van der Waals surface area contributed by atoms with E-state index in [0.29, 0.717) is 4.47 Å². The molecular weight excluding hydrogens is 341 g/mol. The number of hydrogen-bond acceptors (Lipinski definition) is 3. The summed E-state index contributed by atoms with van der Waals surface area (Å²) in [7, 11) is 0. The van der Waals surface area contributed by atoms with E-state index < -0.39 is 18.6 Å². The predicted molar refractivity (Wildman–Crippen MR) is 68.6 cm³/mol. The fourth-order valence-corrected chi connectivity index (χ4v) is 2.24.